The third kappa shape index (κ3) is 9.51. The molecule has 0 bridgehead atoms. The van der Waals surface area contributed by atoms with Crippen LogP contribution in [0.3, 0.4) is 0 Å². The Kier molecular flexibility index (Phi) is 8.75. The molecule has 0 spiro atoms. The van der Waals surface area contributed by atoms with Gasteiger partial charge in [-0.15, -0.1) is 0 Å². The summed E-state index contributed by atoms with van der Waals surface area (Å²) in [6, 6.07) is 4.77. The largest absolute Gasteiger partial charge is 0.496 e. The SMILES string of the molecule is COC(=O)C(Cc1ccc(OC)c(CNC(=O)OC(C)(C)C)c1)OCC(F)(F)F. The van der Waals surface area contributed by atoms with Crippen LogP contribution >= 0.6 is 0 Å². The van der Waals surface area contributed by atoms with Gasteiger partial charge in [0, 0.05) is 18.5 Å². The number of esters is 1. The lowest BCUT2D eigenvalue weighted by molar-refractivity contribution is -0.193. The maximum atomic E-state index is 12.4. The van der Waals surface area contributed by atoms with Crippen LogP contribution < -0.4 is 10.1 Å². The van der Waals surface area contributed by atoms with Crippen molar-refractivity contribution in [1.82, 2.24) is 5.32 Å². The fourth-order valence-electron chi connectivity index (χ4n) is 2.33. The number of ether oxygens (including phenoxy) is 4. The highest BCUT2D eigenvalue weighted by atomic mass is 19.4. The van der Waals surface area contributed by atoms with Gasteiger partial charge in [0.2, 0.25) is 0 Å². The highest BCUT2D eigenvalue weighted by Crippen LogP contribution is 2.23. The van der Waals surface area contributed by atoms with Crippen molar-refractivity contribution >= 4 is 12.1 Å². The average Bonchev–Trinajstić information content (AvgIpc) is 2.60. The van der Waals surface area contributed by atoms with Crippen LogP contribution in [0.25, 0.3) is 0 Å². The molecule has 0 radical (unpaired) electrons. The topological polar surface area (TPSA) is 83.1 Å². The van der Waals surface area contributed by atoms with Crippen molar-refractivity contribution < 1.29 is 41.7 Å². The molecule has 1 rings (SSSR count). The Labute approximate surface area is 167 Å². The maximum absolute atomic E-state index is 12.4. The van der Waals surface area contributed by atoms with E-state index in [1.165, 1.54) is 7.11 Å². The number of nitrogens with one attached hydrogen (secondary N) is 1. The summed E-state index contributed by atoms with van der Waals surface area (Å²) in [5.41, 5.74) is 0.388. The minimum Gasteiger partial charge on any atom is -0.496 e. The second-order valence-corrected chi connectivity index (χ2v) is 7.14. The van der Waals surface area contributed by atoms with Gasteiger partial charge in [0.1, 0.15) is 18.0 Å². The molecule has 0 aliphatic rings. The first-order valence-electron chi connectivity index (χ1n) is 8.73. The number of amides is 1. The third-order valence-corrected chi connectivity index (χ3v) is 3.50. The summed E-state index contributed by atoms with van der Waals surface area (Å²) >= 11 is 0. The highest BCUT2D eigenvalue weighted by Gasteiger charge is 2.32. The van der Waals surface area contributed by atoms with Crippen LogP contribution in [0.2, 0.25) is 0 Å². The number of alkyl halides is 3. The molecular formula is C19H26F3NO6. The molecule has 0 saturated heterocycles. The van der Waals surface area contributed by atoms with Crippen LogP contribution in [-0.4, -0.2) is 50.8 Å². The molecule has 1 atom stereocenters. The molecule has 0 aliphatic heterocycles. The molecular weight excluding hydrogens is 395 g/mol. The summed E-state index contributed by atoms with van der Waals surface area (Å²) in [5, 5.41) is 2.58. The van der Waals surface area contributed by atoms with E-state index in [9.17, 15) is 22.8 Å². The van der Waals surface area contributed by atoms with E-state index in [4.69, 9.17) is 14.2 Å². The molecule has 0 aromatic heterocycles. The van der Waals surface area contributed by atoms with Crippen molar-refractivity contribution in [3.05, 3.63) is 29.3 Å². The van der Waals surface area contributed by atoms with Gasteiger partial charge in [-0.25, -0.2) is 9.59 Å². The standard InChI is InChI=1S/C19H26F3NO6/c1-18(2,3)29-17(25)23-10-13-8-12(6-7-14(13)26-4)9-15(16(24)27-5)28-11-19(20,21)22/h6-8,15H,9-11H2,1-5H3,(H,23,25). The fraction of sp³-hybridized carbons (Fsp3) is 0.579. The molecule has 29 heavy (non-hydrogen) atoms. The van der Waals surface area contributed by atoms with Crippen molar-refractivity contribution in [2.45, 2.75) is 51.6 Å². The smallest absolute Gasteiger partial charge is 0.411 e. The molecule has 0 heterocycles. The first kappa shape index (κ1) is 24.5. The van der Waals surface area contributed by atoms with Gasteiger partial charge in [-0.2, -0.15) is 13.2 Å². The number of benzene rings is 1. The van der Waals surface area contributed by atoms with E-state index in [0.717, 1.165) is 7.11 Å². The summed E-state index contributed by atoms with van der Waals surface area (Å²) in [6.45, 7) is 3.65. The zero-order valence-corrected chi connectivity index (χ0v) is 17.0. The molecule has 1 aromatic carbocycles. The van der Waals surface area contributed by atoms with E-state index >= 15 is 0 Å². The molecule has 1 unspecified atom stereocenters. The van der Waals surface area contributed by atoms with E-state index in [1.807, 2.05) is 0 Å². The molecule has 1 N–H and O–H groups in total. The number of rotatable bonds is 8. The Morgan fingerprint density at radius 2 is 1.79 bits per heavy atom. The Morgan fingerprint density at radius 3 is 2.31 bits per heavy atom. The summed E-state index contributed by atoms with van der Waals surface area (Å²) in [5.74, 6) is -0.464. The minimum atomic E-state index is -4.57. The number of hydrogen-bond donors (Lipinski definition) is 1. The number of halogens is 3. The Balaban J connectivity index is 2.91. The van der Waals surface area contributed by atoms with E-state index < -0.39 is 36.6 Å². The van der Waals surface area contributed by atoms with E-state index in [-0.39, 0.29) is 13.0 Å². The van der Waals surface area contributed by atoms with Gasteiger partial charge in [0.05, 0.1) is 14.2 Å². The minimum absolute atomic E-state index is 0.0538. The van der Waals surface area contributed by atoms with Crippen LogP contribution in [0.4, 0.5) is 18.0 Å². The number of carbonyl (C=O) groups excluding carboxylic acids is 2. The van der Waals surface area contributed by atoms with Gasteiger partial charge >= 0.3 is 18.2 Å². The zero-order chi connectivity index (χ0) is 22.2. The lowest BCUT2D eigenvalue weighted by atomic mass is 10.0. The average molecular weight is 421 g/mol. The van der Waals surface area contributed by atoms with Crippen molar-refractivity contribution in [1.29, 1.82) is 0 Å². The first-order chi connectivity index (χ1) is 13.3. The van der Waals surface area contributed by atoms with E-state index in [1.54, 1.807) is 39.0 Å². The quantitative estimate of drug-likeness (QED) is 0.648. The number of carbonyl (C=O) groups is 2. The van der Waals surface area contributed by atoms with Crippen molar-refractivity contribution in [2.24, 2.45) is 0 Å². The molecule has 164 valence electrons. The normalized spacial score (nSPS) is 12.8. The molecule has 7 nitrogen and oxygen atoms in total. The number of alkyl carbamates (subject to hydrolysis) is 1. The lowest BCUT2D eigenvalue weighted by Crippen LogP contribution is -2.32. The molecule has 0 saturated carbocycles. The fourth-order valence-corrected chi connectivity index (χ4v) is 2.33. The lowest BCUT2D eigenvalue weighted by Gasteiger charge is -2.20. The molecule has 0 fully saturated rings. The van der Waals surface area contributed by atoms with Gasteiger partial charge in [-0.05, 0) is 32.4 Å². The second-order valence-electron chi connectivity index (χ2n) is 7.14. The molecule has 1 amide bonds. The Bertz CT molecular complexity index is 700. The van der Waals surface area contributed by atoms with E-state index in [0.29, 0.717) is 16.9 Å². The zero-order valence-electron chi connectivity index (χ0n) is 17.0. The second kappa shape index (κ2) is 10.3. The van der Waals surface area contributed by atoms with Crippen LogP contribution in [0.15, 0.2) is 18.2 Å². The Hall–Kier alpha value is -2.49. The molecule has 0 aliphatic carbocycles. The first-order valence-corrected chi connectivity index (χ1v) is 8.73. The van der Waals surface area contributed by atoms with Crippen LogP contribution in [-0.2, 0) is 32.0 Å². The van der Waals surface area contributed by atoms with Crippen molar-refractivity contribution in [3.63, 3.8) is 0 Å². The number of hydrogen-bond acceptors (Lipinski definition) is 6. The summed E-state index contributed by atoms with van der Waals surface area (Å²) in [4.78, 5) is 23.6. The summed E-state index contributed by atoms with van der Waals surface area (Å²) < 4.78 is 56.9. The predicted molar refractivity (Wildman–Crippen MR) is 97.6 cm³/mol. The van der Waals surface area contributed by atoms with Crippen LogP contribution in [0, 0.1) is 0 Å². The Morgan fingerprint density at radius 1 is 1.14 bits per heavy atom. The van der Waals surface area contributed by atoms with Crippen LogP contribution in [0.5, 0.6) is 5.75 Å². The summed E-state index contributed by atoms with van der Waals surface area (Å²) in [7, 11) is 2.51. The predicted octanol–water partition coefficient (Wildman–Crippen LogP) is 3.38. The van der Waals surface area contributed by atoms with Crippen molar-refractivity contribution in [3.8, 4) is 5.75 Å². The maximum Gasteiger partial charge on any atom is 0.411 e. The van der Waals surface area contributed by atoms with Crippen molar-refractivity contribution in [2.75, 3.05) is 20.8 Å². The summed E-state index contributed by atoms with van der Waals surface area (Å²) in [6.07, 6.45) is -6.78. The molecule has 1 aromatic rings. The molecule has 10 heteroatoms. The van der Waals surface area contributed by atoms with Gasteiger partial charge in [-0.3, -0.25) is 0 Å². The van der Waals surface area contributed by atoms with Gasteiger partial charge in [0.15, 0.2) is 6.10 Å². The monoisotopic (exact) mass is 421 g/mol. The van der Waals surface area contributed by atoms with Crippen LogP contribution in [0.1, 0.15) is 31.9 Å². The van der Waals surface area contributed by atoms with Gasteiger partial charge < -0.3 is 24.3 Å². The third-order valence-electron chi connectivity index (χ3n) is 3.50. The number of methoxy groups -OCH3 is 2. The van der Waals surface area contributed by atoms with Gasteiger partial charge in [0.25, 0.3) is 0 Å². The van der Waals surface area contributed by atoms with Gasteiger partial charge in [-0.1, -0.05) is 12.1 Å². The van der Waals surface area contributed by atoms with E-state index in [2.05, 4.69) is 10.1 Å². The highest BCUT2D eigenvalue weighted by molar-refractivity contribution is 5.75.